The molecule has 2 aliphatic heterocycles. The zero-order valence-corrected chi connectivity index (χ0v) is 12.1. The molecule has 2 fully saturated rings. The number of nitrogens with one attached hydrogen (secondary N) is 1. The fourth-order valence-electron chi connectivity index (χ4n) is 3.04. The lowest BCUT2D eigenvalue weighted by Crippen LogP contribution is -2.49. The fraction of sp³-hybridized carbons (Fsp3) is 0.923. The minimum Gasteiger partial charge on any atom is -0.388 e. The van der Waals surface area contributed by atoms with Crippen molar-refractivity contribution in [3.8, 4) is 0 Å². The second-order valence-electron chi connectivity index (χ2n) is 5.38. The second kappa shape index (κ2) is 6.26. The van der Waals surface area contributed by atoms with Crippen molar-refractivity contribution in [1.29, 1.82) is 5.41 Å². The third-order valence-electron chi connectivity index (χ3n) is 4.13. The first-order chi connectivity index (χ1) is 8.65. The van der Waals surface area contributed by atoms with Crippen molar-refractivity contribution >= 4 is 17.6 Å². The number of nitrogens with zero attached hydrogens (tertiary/aromatic N) is 1. The van der Waals surface area contributed by atoms with Crippen LogP contribution >= 0.6 is 11.8 Å². The highest BCUT2D eigenvalue weighted by Crippen LogP contribution is 2.39. The number of rotatable bonds is 5. The summed E-state index contributed by atoms with van der Waals surface area (Å²) in [5.41, 5.74) is 5.62. The van der Waals surface area contributed by atoms with E-state index in [1.807, 2.05) is 11.8 Å². The second-order valence-corrected chi connectivity index (χ2v) is 6.49. The van der Waals surface area contributed by atoms with Crippen LogP contribution in [0.1, 0.15) is 32.6 Å². The normalized spacial score (nSPS) is 32.2. The maximum absolute atomic E-state index is 7.36. The summed E-state index contributed by atoms with van der Waals surface area (Å²) < 4.78 is 6.06. The van der Waals surface area contributed by atoms with Crippen LogP contribution in [0.25, 0.3) is 0 Å². The van der Waals surface area contributed by atoms with Gasteiger partial charge in [-0.15, -0.1) is 0 Å². The molecule has 4 nitrogen and oxygen atoms in total. The van der Waals surface area contributed by atoms with Crippen LogP contribution in [0.5, 0.6) is 0 Å². The minimum absolute atomic E-state index is 0.150. The zero-order chi connectivity index (χ0) is 13.0. The molecule has 0 aliphatic carbocycles. The Balaban J connectivity index is 1.91. The van der Waals surface area contributed by atoms with Gasteiger partial charge in [0.15, 0.2) is 0 Å². The van der Waals surface area contributed by atoms with Gasteiger partial charge in [0.1, 0.15) is 0 Å². The Kier molecular flexibility index (Phi) is 4.92. The van der Waals surface area contributed by atoms with Gasteiger partial charge in [-0.3, -0.25) is 5.41 Å². The molecule has 0 bridgehead atoms. The van der Waals surface area contributed by atoms with Crippen LogP contribution in [0.3, 0.4) is 0 Å². The average molecular weight is 271 g/mol. The number of thioether (sulfide) groups is 1. The lowest BCUT2D eigenvalue weighted by molar-refractivity contribution is -0.0886. The van der Waals surface area contributed by atoms with E-state index in [1.54, 1.807) is 0 Å². The summed E-state index contributed by atoms with van der Waals surface area (Å²) in [5, 5.41) is 7.36. The Bertz CT molecular complexity index is 292. The predicted octanol–water partition coefficient (Wildman–Crippen LogP) is 1.69. The number of hydrogen-bond acceptors (Lipinski definition) is 4. The number of hydrogen-bond donors (Lipinski definition) is 2. The molecule has 2 heterocycles. The highest BCUT2D eigenvalue weighted by molar-refractivity contribution is 7.99. The van der Waals surface area contributed by atoms with Crippen molar-refractivity contribution in [3.05, 3.63) is 0 Å². The number of amidine groups is 1. The van der Waals surface area contributed by atoms with E-state index >= 15 is 0 Å². The third-order valence-corrected chi connectivity index (χ3v) is 5.35. The van der Waals surface area contributed by atoms with Gasteiger partial charge in [0.05, 0.1) is 11.4 Å². The standard InChI is InChI=1S/C13H25N3OS/c1-2-16(6-3-12(14)15)11-4-7-17-13(9-11)5-8-18-10-13/h11H,2-10H2,1H3,(H3,14,15). The van der Waals surface area contributed by atoms with Crippen molar-refractivity contribution in [2.24, 2.45) is 5.73 Å². The summed E-state index contributed by atoms with van der Waals surface area (Å²) >= 11 is 2.02. The van der Waals surface area contributed by atoms with E-state index in [9.17, 15) is 0 Å². The molecule has 2 atom stereocenters. The van der Waals surface area contributed by atoms with Gasteiger partial charge >= 0.3 is 0 Å². The lowest BCUT2D eigenvalue weighted by Gasteiger charge is -2.42. The first-order valence-corrected chi connectivity index (χ1v) is 8.09. The molecule has 2 rings (SSSR count). The number of nitrogens with two attached hydrogens (primary N) is 1. The van der Waals surface area contributed by atoms with Gasteiger partial charge in [0.2, 0.25) is 0 Å². The molecule has 0 saturated carbocycles. The SMILES string of the molecule is CCN(CCC(=N)N)C1CCOC2(CCSC2)C1. The Labute approximate surface area is 114 Å². The van der Waals surface area contributed by atoms with Crippen molar-refractivity contribution in [2.45, 2.75) is 44.2 Å². The Morgan fingerprint density at radius 1 is 1.61 bits per heavy atom. The molecule has 104 valence electrons. The molecule has 2 aliphatic rings. The van der Waals surface area contributed by atoms with Gasteiger partial charge in [-0.2, -0.15) is 11.8 Å². The molecule has 0 aromatic heterocycles. The Morgan fingerprint density at radius 3 is 3.06 bits per heavy atom. The van der Waals surface area contributed by atoms with Crippen LogP contribution in [-0.2, 0) is 4.74 Å². The quantitative estimate of drug-likeness (QED) is 0.590. The smallest absolute Gasteiger partial charge is 0.0918 e. The van der Waals surface area contributed by atoms with E-state index in [0.29, 0.717) is 18.3 Å². The maximum atomic E-state index is 7.36. The maximum Gasteiger partial charge on any atom is 0.0918 e. The molecule has 0 amide bonds. The van der Waals surface area contributed by atoms with Gasteiger partial charge in [-0.1, -0.05) is 6.92 Å². The summed E-state index contributed by atoms with van der Waals surface area (Å²) in [6.45, 7) is 5.05. The van der Waals surface area contributed by atoms with Crippen LogP contribution in [0.2, 0.25) is 0 Å². The summed E-state index contributed by atoms with van der Waals surface area (Å²) in [5.74, 6) is 2.70. The summed E-state index contributed by atoms with van der Waals surface area (Å²) in [6.07, 6.45) is 4.18. The molecule has 0 aromatic rings. The van der Waals surface area contributed by atoms with Gasteiger partial charge < -0.3 is 15.4 Å². The monoisotopic (exact) mass is 271 g/mol. The van der Waals surface area contributed by atoms with E-state index in [1.165, 1.54) is 12.2 Å². The lowest BCUT2D eigenvalue weighted by atomic mass is 9.89. The highest BCUT2D eigenvalue weighted by atomic mass is 32.2. The third kappa shape index (κ3) is 3.39. The molecule has 3 N–H and O–H groups in total. The van der Waals surface area contributed by atoms with Gasteiger partial charge in [0.25, 0.3) is 0 Å². The van der Waals surface area contributed by atoms with Gasteiger partial charge in [0, 0.05) is 31.4 Å². The largest absolute Gasteiger partial charge is 0.388 e. The van der Waals surface area contributed by atoms with E-state index in [-0.39, 0.29) is 5.60 Å². The van der Waals surface area contributed by atoms with Crippen molar-refractivity contribution in [3.63, 3.8) is 0 Å². The molecule has 5 heteroatoms. The van der Waals surface area contributed by atoms with Crippen molar-refractivity contribution < 1.29 is 4.74 Å². The van der Waals surface area contributed by atoms with Crippen LogP contribution in [0.15, 0.2) is 0 Å². The average Bonchev–Trinajstić information content (AvgIpc) is 2.78. The van der Waals surface area contributed by atoms with E-state index in [4.69, 9.17) is 15.9 Å². The molecular formula is C13H25N3OS. The molecule has 18 heavy (non-hydrogen) atoms. The highest BCUT2D eigenvalue weighted by Gasteiger charge is 2.41. The van der Waals surface area contributed by atoms with Crippen molar-refractivity contribution in [2.75, 3.05) is 31.2 Å². The summed E-state index contributed by atoms with van der Waals surface area (Å²) in [7, 11) is 0. The van der Waals surface area contributed by atoms with Crippen LogP contribution in [0, 0.1) is 5.41 Å². The molecule has 2 saturated heterocycles. The van der Waals surface area contributed by atoms with E-state index in [2.05, 4.69) is 11.8 Å². The fourth-order valence-corrected chi connectivity index (χ4v) is 4.42. The topological polar surface area (TPSA) is 62.3 Å². The first kappa shape index (κ1) is 14.2. The van der Waals surface area contributed by atoms with Gasteiger partial charge in [-0.25, -0.2) is 0 Å². The van der Waals surface area contributed by atoms with Crippen LogP contribution in [0.4, 0.5) is 0 Å². The molecular weight excluding hydrogens is 246 g/mol. The Morgan fingerprint density at radius 2 is 2.44 bits per heavy atom. The molecule has 0 aromatic carbocycles. The molecule has 1 spiro atoms. The first-order valence-electron chi connectivity index (χ1n) is 6.94. The summed E-state index contributed by atoms with van der Waals surface area (Å²) in [4.78, 5) is 2.48. The van der Waals surface area contributed by atoms with Crippen LogP contribution in [-0.4, -0.2) is 53.6 Å². The number of ether oxygens (including phenoxy) is 1. The van der Waals surface area contributed by atoms with Gasteiger partial charge in [-0.05, 0) is 31.6 Å². The summed E-state index contributed by atoms with van der Waals surface area (Å²) in [6, 6.07) is 0.613. The Hall–Kier alpha value is -0.260. The molecule has 2 unspecified atom stereocenters. The molecule has 0 radical (unpaired) electrons. The zero-order valence-electron chi connectivity index (χ0n) is 11.3. The minimum atomic E-state index is 0.150. The van der Waals surface area contributed by atoms with Crippen LogP contribution < -0.4 is 5.73 Å². The van der Waals surface area contributed by atoms with E-state index in [0.717, 1.165) is 38.3 Å². The predicted molar refractivity (Wildman–Crippen MR) is 77.4 cm³/mol. The van der Waals surface area contributed by atoms with Crippen molar-refractivity contribution in [1.82, 2.24) is 4.90 Å². The van der Waals surface area contributed by atoms with E-state index < -0.39 is 0 Å².